The van der Waals surface area contributed by atoms with Crippen LogP contribution in [-0.2, 0) is 0 Å². The number of hydrogen-bond acceptors (Lipinski definition) is 4. The molecule has 0 atom stereocenters. The average molecular weight is 435 g/mol. The van der Waals surface area contributed by atoms with Crippen LogP contribution < -0.4 is 16.4 Å². The van der Waals surface area contributed by atoms with Gasteiger partial charge in [0.2, 0.25) is 0 Å². The smallest absolute Gasteiger partial charge is 0.194 e. The van der Waals surface area contributed by atoms with Gasteiger partial charge < -0.3 is 11.5 Å². The standard InChI is InChI=1S/C24H27ClN6/c1-15-2-12-21-20(14-15)23(31(24(27)28)19-10-8-18(26)9-11-19)30-22(29-21)13-5-16-3-6-17(25)7-4-16/h2-7,12-14,18-19H,8-11,26H2,1H3,(H3,27,28). The van der Waals surface area contributed by atoms with Gasteiger partial charge in [0.1, 0.15) is 5.82 Å². The van der Waals surface area contributed by atoms with Crippen LogP contribution >= 0.6 is 11.6 Å². The van der Waals surface area contributed by atoms with E-state index in [0.717, 1.165) is 47.7 Å². The van der Waals surface area contributed by atoms with E-state index in [9.17, 15) is 0 Å². The highest BCUT2D eigenvalue weighted by molar-refractivity contribution is 6.30. The Bertz CT molecular complexity index is 1120. The monoisotopic (exact) mass is 434 g/mol. The fourth-order valence-corrected chi connectivity index (χ4v) is 4.22. The molecule has 1 heterocycles. The maximum absolute atomic E-state index is 8.31. The Labute approximate surface area is 187 Å². The fraction of sp³-hybridized carbons (Fsp3) is 0.292. The van der Waals surface area contributed by atoms with Gasteiger partial charge in [0, 0.05) is 22.5 Å². The van der Waals surface area contributed by atoms with Gasteiger partial charge in [-0.3, -0.25) is 10.3 Å². The maximum Gasteiger partial charge on any atom is 0.194 e. The fourth-order valence-electron chi connectivity index (χ4n) is 4.09. The molecule has 7 heteroatoms. The third-order valence-electron chi connectivity index (χ3n) is 5.74. The summed E-state index contributed by atoms with van der Waals surface area (Å²) in [5.41, 5.74) is 15.1. The van der Waals surface area contributed by atoms with Gasteiger partial charge in [0.25, 0.3) is 0 Å². The van der Waals surface area contributed by atoms with Crippen molar-refractivity contribution < 1.29 is 0 Å². The van der Waals surface area contributed by atoms with Crippen molar-refractivity contribution >= 4 is 46.4 Å². The highest BCUT2D eigenvalue weighted by Crippen LogP contribution is 2.31. The van der Waals surface area contributed by atoms with Crippen molar-refractivity contribution in [2.24, 2.45) is 11.5 Å². The predicted molar refractivity (Wildman–Crippen MR) is 129 cm³/mol. The van der Waals surface area contributed by atoms with E-state index in [1.165, 1.54) is 0 Å². The minimum Gasteiger partial charge on any atom is -0.370 e. The largest absolute Gasteiger partial charge is 0.370 e. The quantitative estimate of drug-likeness (QED) is 0.406. The van der Waals surface area contributed by atoms with E-state index >= 15 is 0 Å². The van der Waals surface area contributed by atoms with Gasteiger partial charge in [-0.1, -0.05) is 41.4 Å². The number of guanidine groups is 1. The third-order valence-corrected chi connectivity index (χ3v) is 5.99. The Morgan fingerprint density at radius 3 is 2.45 bits per heavy atom. The molecule has 2 aromatic carbocycles. The van der Waals surface area contributed by atoms with Crippen molar-refractivity contribution in [1.82, 2.24) is 9.97 Å². The number of nitrogens with two attached hydrogens (primary N) is 2. The lowest BCUT2D eigenvalue weighted by Gasteiger charge is -2.36. The molecule has 1 aliphatic carbocycles. The van der Waals surface area contributed by atoms with E-state index in [4.69, 9.17) is 38.4 Å². The molecular weight excluding hydrogens is 408 g/mol. The second-order valence-corrected chi connectivity index (χ2v) is 8.57. The number of aryl methyl sites for hydroxylation is 1. The number of benzene rings is 2. The SMILES string of the molecule is Cc1ccc2nc(C=Cc3ccc(Cl)cc3)nc(N(C(=N)N)C3CCC(N)CC3)c2c1. The molecule has 0 spiro atoms. The molecule has 1 aromatic heterocycles. The predicted octanol–water partition coefficient (Wildman–Crippen LogP) is 4.73. The lowest BCUT2D eigenvalue weighted by molar-refractivity contribution is 0.393. The third kappa shape index (κ3) is 4.86. The summed E-state index contributed by atoms with van der Waals surface area (Å²) in [5.74, 6) is 1.24. The second-order valence-electron chi connectivity index (χ2n) is 8.13. The molecule has 0 bridgehead atoms. The van der Waals surface area contributed by atoms with E-state index in [2.05, 4.69) is 6.07 Å². The molecule has 4 rings (SSSR count). The highest BCUT2D eigenvalue weighted by Gasteiger charge is 2.28. The minimum atomic E-state index is -0.00499. The molecule has 0 radical (unpaired) electrons. The topological polar surface area (TPSA) is 105 Å². The zero-order valence-electron chi connectivity index (χ0n) is 17.6. The van der Waals surface area contributed by atoms with Crippen molar-refractivity contribution in [1.29, 1.82) is 5.41 Å². The van der Waals surface area contributed by atoms with E-state index in [1.54, 1.807) is 0 Å². The summed E-state index contributed by atoms with van der Waals surface area (Å²) in [7, 11) is 0. The Balaban J connectivity index is 1.78. The van der Waals surface area contributed by atoms with Crippen LogP contribution in [0.5, 0.6) is 0 Å². The summed E-state index contributed by atoms with van der Waals surface area (Å²) in [6.45, 7) is 2.04. The summed E-state index contributed by atoms with van der Waals surface area (Å²) in [6.07, 6.45) is 7.43. The van der Waals surface area contributed by atoms with Crippen molar-refractivity contribution in [2.45, 2.75) is 44.7 Å². The molecule has 1 aliphatic rings. The lowest BCUT2D eigenvalue weighted by Crippen LogP contribution is -2.48. The molecule has 0 amide bonds. The normalized spacial score (nSPS) is 19.1. The molecule has 160 valence electrons. The molecule has 1 fully saturated rings. The van der Waals surface area contributed by atoms with Crippen LogP contribution in [0.25, 0.3) is 23.1 Å². The van der Waals surface area contributed by atoms with Gasteiger partial charge in [-0.05, 0) is 68.5 Å². The number of hydrogen-bond donors (Lipinski definition) is 3. The molecule has 0 aliphatic heterocycles. The van der Waals surface area contributed by atoms with Crippen molar-refractivity contribution in [2.75, 3.05) is 4.90 Å². The van der Waals surface area contributed by atoms with Crippen molar-refractivity contribution in [3.8, 4) is 0 Å². The van der Waals surface area contributed by atoms with Crippen molar-refractivity contribution in [3.05, 3.63) is 64.4 Å². The van der Waals surface area contributed by atoms with Crippen molar-refractivity contribution in [3.63, 3.8) is 0 Å². The first-order valence-electron chi connectivity index (χ1n) is 10.5. The minimum absolute atomic E-state index is 0.00499. The van der Waals surface area contributed by atoms with Crippen LogP contribution in [0.4, 0.5) is 5.82 Å². The first-order chi connectivity index (χ1) is 14.9. The zero-order chi connectivity index (χ0) is 22.0. The zero-order valence-corrected chi connectivity index (χ0v) is 18.3. The maximum atomic E-state index is 8.31. The Kier molecular flexibility index (Phi) is 6.20. The van der Waals surface area contributed by atoms with E-state index in [0.29, 0.717) is 16.7 Å². The van der Waals surface area contributed by atoms with E-state index in [-0.39, 0.29) is 18.0 Å². The molecule has 6 nitrogen and oxygen atoms in total. The highest BCUT2D eigenvalue weighted by atomic mass is 35.5. The van der Waals surface area contributed by atoms with Gasteiger partial charge in [0.05, 0.1) is 5.52 Å². The van der Waals surface area contributed by atoms with Gasteiger partial charge >= 0.3 is 0 Å². The average Bonchev–Trinajstić information content (AvgIpc) is 2.75. The summed E-state index contributed by atoms with van der Waals surface area (Å²) in [5, 5.41) is 9.91. The number of anilines is 1. The van der Waals surface area contributed by atoms with Crippen LogP contribution in [0.15, 0.2) is 42.5 Å². The number of nitrogens with one attached hydrogen (secondary N) is 1. The summed E-state index contributed by atoms with van der Waals surface area (Å²) >= 11 is 5.98. The van der Waals surface area contributed by atoms with Crippen LogP contribution in [0.3, 0.4) is 0 Å². The molecule has 0 unspecified atom stereocenters. The van der Waals surface area contributed by atoms with Gasteiger partial charge in [-0.25, -0.2) is 9.97 Å². The molecule has 1 saturated carbocycles. The Morgan fingerprint density at radius 1 is 1.06 bits per heavy atom. The summed E-state index contributed by atoms with van der Waals surface area (Å²) in [4.78, 5) is 11.4. The second kappa shape index (κ2) is 9.04. The Hall–Kier alpha value is -2.96. The first-order valence-corrected chi connectivity index (χ1v) is 10.9. The Morgan fingerprint density at radius 2 is 1.77 bits per heavy atom. The lowest BCUT2D eigenvalue weighted by atomic mass is 9.90. The van der Waals surface area contributed by atoms with Crippen LogP contribution in [0.1, 0.15) is 42.6 Å². The van der Waals surface area contributed by atoms with Gasteiger partial charge in [-0.2, -0.15) is 0 Å². The number of fused-ring (bicyclic) bond motifs is 1. The number of rotatable bonds is 4. The van der Waals surface area contributed by atoms with Crippen LogP contribution in [-0.4, -0.2) is 28.0 Å². The molecule has 3 aromatic rings. The van der Waals surface area contributed by atoms with Crippen LogP contribution in [0, 0.1) is 12.3 Å². The molecular formula is C24H27ClN6. The van der Waals surface area contributed by atoms with Crippen LogP contribution in [0.2, 0.25) is 5.02 Å². The first kappa shape index (κ1) is 21.3. The number of nitrogens with zero attached hydrogens (tertiary/aromatic N) is 3. The number of aromatic nitrogens is 2. The molecule has 5 N–H and O–H groups in total. The summed E-state index contributed by atoms with van der Waals surface area (Å²) in [6, 6.07) is 14.0. The number of halogens is 1. The van der Waals surface area contributed by atoms with Gasteiger partial charge in [-0.15, -0.1) is 0 Å². The van der Waals surface area contributed by atoms with E-state index in [1.807, 2.05) is 60.4 Å². The molecule has 0 saturated heterocycles. The van der Waals surface area contributed by atoms with Gasteiger partial charge in [0.15, 0.2) is 11.8 Å². The molecule has 31 heavy (non-hydrogen) atoms. The summed E-state index contributed by atoms with van der Waals surface area (Å²) < 4.78 is 0. The van der Waals surface area contributed by atoms with E-state index < -0.39 is 0 Å².